The quantitative estimate of drug-likeness (QED) is 0.737. The van der Waals surface area contributed by atoms with Gasteiger partial charge in [-0.15, -0.1) is 5.06 Å². The van der Waals surface area contributed by atoms with Crippen LogP contribution in [0.15, 0.2) is 29.2 Å². The van der Waals surface area contributed by atoms with E-state index >= 15 is 0 Å². The smallest absolute Gasteiger partial charge is 0.351 e. The zero-order chi connectivity index (χ0) is 21.4. The Kier molecular flexibility index (Phi) is 4.46. The summed E-state index contributed by atoms with van der Waals surface area (Å²) in [6.07, 6.45) is 7.58. The Hall–Kier alpha value is -1.35. The summed E-state index contributed by atoms with van der Waals surface area (Å²) in [5.74, 6) is 2.25. The van der Waals surface area contributed by atoms with Gasteiger partial charge in [0.1, 0.15) is 0 Å². The number of nitrogens with one attached hydrogen (secondary N) is 1. The average molecular weight is 466 g/mol. The van der Waals surface area contributed by atoms with Gasteiger partial charge in [-0.3, -0.25) is 0 Å². The molecule has 2 aliphatic heterocycles. The van der Waals surface area contributed by atoms with E-state index in [4.69, 9.17) is 16.4 Å². The molecule has 2 saturated heterocycles. The largest absolute Gasteiger partial charge is 0.426 e. The van der Waals surface area contributed by atoms with E-state index in [9.17, 15) is 13.2 Å². The summed E-state index contributed by atoms with van der Waals surface area (Å²) < 4.78 is 27.6. The van der Waals surface area contributed by atoms with Crippen LogP contribution in [0.1, 0.15) is 44.9 Å². The number of carbonyl (C=O) groups is 1. The molecule has 4 saturated carbocycles. The minimum atomic E-state index is -3.58. The van der Waals surface area contributed by atoms with E-state index in [2.05, 4.69) is 5.32 Å². The monoisotopic (exact) mass is 465 g/mol. The number of nitrogens with zero attached hydrogens (tertiary/aromatic N) is 2. The molecule has 1 amide bonds. The van der Waals surface area contributed by atoms with Gasteiger partial charge in [-0.05, 0) is 87.0 Å². The maximum absolute atomic E-state index is 13.0. The SMILES string of the molecule is O=C(NC12CC3CC(CC(C3)C1)C2)ON1CC2(CCN2S(=O)(=O)c2ccc(Cl)cc2)C1. The number of sulfonamides is 1. The van der Waals surface area contributed by atoms with Gasteiger partial charge < -0.3 is 10.2 Å². The molecule has 2 heterocycles. The first-order chi connectivity index (χ1) is 14.8. The first-order valence-electron chi connectivity index (χ1n) is 11.3. The van der Waals surface area contributed by atoms with E-state index in [0.717, 1.165) is 43.4 Å². The predicted molar refractivity (Wildman–Crippen MR) is 115 cm³/mol. The summed E-state index contributed by atoms with van der Waals surface area (Å²) in [7, 11) is -3.58. The van der Waals surface area contributed by atoms with Crippen LogP contribution in [-0.4, -0.2) is 54.6 Å². The highest BCUT2D eigenvalue weighted by atomic mass is 35.5. The lowest BCUT2D eigenvalue weighted by Crippen LogP contribution is -2.77. The Morgan fingerprint density at radius 3 is 2.13 bits per heavy atom. The van der Waals surface area contributed by atoms with Gasteiger partial charge in [-0.25, -0.2) is 13.2 Å². The second-order valence-corrected chi connectivity index (χ2v) is 12.8. The van der Waals surface area contributed by atoms with Crippen molar-refractivity contribution in [3.05, 3.63) is 29.3 Å². The topological polar surface area (TPSA) is 79.0 Å². The predicted octanol–water partition coefficient (Wildman–Crippen LogP) is 3.40. The van der Waals surface area contributed by atoms with Crippen molar-refractivity contribution >= 4 is 27.7 Å². The van der Waals surface area contributed by atoms with E-state index in [1.54, 1.807) is 21.5 Å². The fraction of sp³-hybridized carbons (Fsp3) is 0.682. The van der Waals surface area contributed by atoms with Crippen LogP contribution in [0.3, 0.4) is 0 Å². The molecule has 4 aliphatic carbocycles. The van der Waals surface area contributed by atoms with E-state index in [1.807, 2.05) is 0 Å². The summed E-state index contributed by atoms with van der Waals surface area (Å²) in [6, 6.07) is 6.25. The molecule has 7 nitrogen and oxygen atoms in total. The number of benzene rings is 1. The Morgan fingerprint density at radius 2 is 1.61 bits per heavy atom. The molecular weight excluding hydrogens is 438 g/mol. The van der Waals surface area contributed by atoms with Gasteiger partial charge in [-0.1, -0.05) is 11.6 Å². The molecule has 0 aromatic heterocycles. The van der Waals surface area contributed by atoms with Crippen molar-refractivity contribution in [3.8, 4) is 0 Å². The van der Waals surface area contributed by atoms with Crippen molar-refractivity contribution in [2.45, 2.75) is 60.9 Å². The van der Waals surface area contributed by atoms with Gasteiger partial charge in [0, 0.05) is 17.1 Å². The summed E-state index contributed by atoms with van der Waals surface area (Å²) in [5, 5.41) is 5.31. The van der Waals surface area contributed by atoms with E-state index in [0.29, 0.717) is 24.7 Å². The van der Waals surface area contributed by atoms with Crippen molar-refractivity contribution in [1.82, 2.24) is 14.7 Å². The zero-order valence-corrected chi connectivity index (χ0v) is 19.0. The lowest BCUT2D eigenvalue weighted by molar-refractivity contribution is -0.226. The normalized spacial score (nSPS) is 36.1. The molecule has 1 N–H and O–H groups in total. The van der Waals surface area contributed by atoms with Crippen LogP contribution in [0.25, 0.3) is 0 Å². The minimum Gasteiger partial charge on any atom is -0.351 e. The first-order valence-corrected chi connectivity index (χ1v) is 13.1. The van der Waals surface area contributed by atoms with E-state index < -0.39 is 15.6 Å². The Bertz CT molecular complexity index is 971. The highest BCUT2D eigenvalue weighted by Crippen LogP contribution is 2.55. The van der Waals surface area contributed by atoms with Gasteiger partial charge in [0.25, 0.3) is 0 Å². The number of carbonyl (C=O) groups excluding carboxylic acids is 1. The molecule has 31 heavy (non-hydrogen) atoms. The van der Waals surface area contributed by atoms with Gasteiger partial charge in [0.05, 0.1) is 23.5 Å². The van der Waals surface area contributed by atoms with Crippen molar-refractivity contribution in [3.63, 3.8) is 0 Å². The second-order valence-electron chi connectivity index (χ2n) is 10.5. The molecule has 7 rings (SSSR count). The van der Waals surface area contributed by atoms with Crippen LogP contribution in [0.5, 0.6) is 0 Å². The van der Waals surface area contributed by atoms with Gasteiger partial charge in [-0.2, -0.15) is 4.31 Å². The molecule has 4 bridgehead atoms. The molecule has 168 valence electrons. The number of rotatable bonds is 4. The minimum absolute atomic E-state index is 0.0885. The molecule has 1 spiro atoms. The maximum Gasteiger partial charge on any atom is 0.426 e. The lowest BCUT2D eigenvalue weighted by atomic mass is 9.53. The molecular formula is C22H28ClN3O4S. The highest BCUT2D eigenvalue weighted by molar-refractivity contribution is 7.89. The number of hydrogen-bond donors (Lipinski definition) is 1. The molecule has 6 aliphatic rings. The number of amides is 1. The number of halogens is 1. The Balaban J connectivity index is 1.07. The molecule has 1 aromatic carbocycles. The van der Waals surface area contributed by atoms with Gasteiger partial charge in [0.15, 0.2) is 0 Å². The molecule has 6 fully saturated rings. The third-order valence-electron chi connectivity index (χ3n) is 8.27. The zero-order valence-electron chi connectivity index (χ0n) is 17.4. The number of hydroxylamine groups is 2. The lowest BCUT2D eigenvalue weighted by Gasteiger charge is -2.60. The molecule has 0 atom stereocenters. The van der Waals surface area contributed by atoms with E-state index in [-0.39, 0.29) is 16.5 Å². The molecule has 9 heteroatoms. The molecule has 1 aromatic rings. The maximum atomic E-state index is 13.0. The molecule has 0 unspecified atom stereocenters. The Morgan fingerprint density at radius 1 is 1.03 bits per heavy atom. The first kappa shape index (κ1) is 20.3. The summed E-state index contributed by atoms with van der Waals surface area (Å²) in [5.41, 5.74) is -0.561. The molecule has 0 radical (unpaired) electrons. The van der Waals surface area contributed by atoms with Crippen molar-refractivity contribution in [1.29, 1.82) is 0 Å². The van der Waals surface area contributed by atoms with Crippen LogP contribution in [0.4, 0.5) is 4.79 Å². The fourth-order valence-corrected chi connectivity index (χ4v) is 9.15. The van der Waals surface area contributed by atoms with Crippen LogP contribution in [-0.2, 0) is 14.9 Å². The second kappa shape index (κ2) is 6.83. The van der Waals surface area contributed by atoms with Gasteiger partial charge in [0.2, 0.25) is 10.0 Å². The van der Waals surface area contributed by atoms with E-state index in [1.165, 1.54) is 31.4 Å². The standard InChI is InChI=1S/C22H28ClN3O4S/c23-18-1-3-19(4-2-18)31(28,29)26-6-5-22(26)13-25(14-22)30-20(27)24-21-10-15-7-16(11-21)9-17(8-15)12-21/h1-4,15-17H,5-14H2,(H,24,27). The summed E-state index contributed by atoms with van der Waals surface area (Å²) in [4.78, 5) is 18.5. The average Bonchev–Trinajstić information content (AvgIpc) is 2.61. The highest BCUT2D eigenvalue weighted by Gasteiger charge is 2.60. The fourth-order valence-electron chi connectivity index (χ4n) is 7.24. The summed E-state index contributed by atoms with van der Waals surface area (Å²) in [6.45, 7) is 1.31. The summed E-state index contributed by atoms with van der Waals surface area (Å²) >= 11 is 5.89. The third kappa shape index (κ3) is 3.29. The van der Waals surface area contributed by atoms with Gasteiger partial charge >= 0.3 is 6.09 Å². The van der Waals surface area contributed by atoms with Crippen LogP contribution in [0.2, 0.25) is 5.02 Å². The third-order valence-corrected chi connectivity index (χ3v) is 10.5. The van der Waals surface area contributed by atoms with Crippen LogP contribution >= 0.6 is 11.6 Å². The Labute approximate surface area is 188 Å². The van der Waals surface area contributed by atoms with Crippen LogP contribution < -0.4 is 5.32 Å². The number of hydrogen-bond acceptors (Lipinski definition) is 5. The van der Waals surface area contributed by atoms with Crippen molar-refractivity contribution < 1.29 is 18.0 Å². The van der Waals surface area contributed by atoms with Crippen molar-refractivity contribution in [2.24, 2.45) is 17.8 Å². The van der Waals surface area contributed by atoms with Crippen molar-refractivity contribution in [2.75, 3.05) is 19.6 Å². The van der Waals surface area contributed by atoms with Crippen LogP contribution in [0, 0.1) is 17.8 Å².